The smallest absolute Gasteiger partial charge is 0.0682 e. The number of nitrogens with zero attached hydrogens (tertiary/aromatic N) is 3. The molecule has 4 atom stereocenters. The standard InChI is InChI=1S/C24H35N3O/c1-18(17-27-24-12-5-2-7-19(24)15-25-27)16-26-20-8-6-9-21(26)14-23(13-20)28-22-10-3-4-11-22/h2,5,7,12,15,18,20-23H,3-4,6,8-11,13-14,16-17H2,1H3/t18-,20-,21+,23?/m1/s1. The van der Waals surface area contributed by atoms with E-state index in [0.717, 1.165) is 18.6 Å². The molecule has 4 heteroatoms. The predicted molar refractivity (Wildman–Crippen MR) is 113 cm³/mol. The van der Waals surface area contributed by atoms with Gasteiger partial charge in [0.05, 0.1) is 23.9 Å². The summed E-state index contributed by atoms with van der Waals surface area (Å²) in [6.45, 7) is 4.60. The summed E-state index contributed by atoms with van der Waals surface area (Å²) in [4.78, 5) is 2.84. The van der Waals surface area contributed by atoms with Crippen LogP contribution in [-0.4, -0.2) is 45.5 Å². The first-order valence-corrected chi connectivity index (χ1v) is 11.6. The summed E-state index contributed by atoms with van der Waals surface area (Å²) in [5.41, 5.74) is 1.26. The van der Waals surface area contributed by atoms with Crippen LogP contribution >= 0.6 is 0 Å². The molecule has 5 rings (SSSR count). The van der Waals surface area contributed by atoms with Gasteiger partial charge >= 0.3 is 0 Å². The molecule has 28 heavy (non-hydrogen) atoms. The van der Waals surface area contributed by atoms with Gasteiger partial charge in [-0.25, -0.2) is 0 Å². The van der Waals surface area contributed by atoms with Crippen LogP contribution in [0.5, 0.6) is 0 Å². The van der Waals surface area contributed by atoms with Crippen LogP contribution in [-0.2, 0) is 11.3 Å². The van der Waals surface area contributed by atoms with E-state index in [1.165, 1.54) is 75.2 Å². The van der Waals surface area contributed by atoms with Gasteiger partial charge in [0.25, 0.3) is 0 Å². The third-order valence-electron chi connectivity index (χ3n) is 7.33. The number of aromatic nitrogens is 2. The number of fused-ring (bicyclic) bond motifs is 3. The van der Waals surface area contributed by atoms with Gasteiger partial charge < -0.3 is 4.74 Å². The molecule has 0 N–H and O–H groups in total. The summed E-state index contributed by atoms with van der Waals surface area (Å²) in [7, 11) is 0. The van der Waals surface area contributed by atoms with Crippen molar-refractivity contribution >= 4 is 10.9 Å². The first-order valence-electron chi connectivity index (χ1n) is 11.6. The quantitative estimate of drug-likeness (QED) is 0.704. The van der Waals surface area contributed by atoms with Gasteiger partial charge in [0.2, 0.25) is 0 Å². The highest BCUT2D eigenvalue weighted by molar-refractivity contribution is 5.78. The minimum absolute atomic E-state index is 0.514. The molecule has 0 radical (unpaired) electrons. The van der Waals surface area contributed by atoms with E-state index in [1.807, 2.05) is 6.20 Å². The molecule has 2 bridgehead atoms. The van der Waals surface area contributed by atoms with Crippen LogP contribution in [0, 0.1) is 5.92 Å². The van der Waals surface area contributed by atoms with E-state index in [0.29, 0.717) is 18.1 Å². The number of ether oxygens (including phenoxy) is 1. The lowest BCUT2D eigenvalue weighted by atomic mass is 9.82. The molecule has 1 aromatic heterocycles. The number of rotatable bonds is 6. The van der Waals surface area contributed by atoms with Crippen molar-refractivity contribution in [1.29, 1.82) is 0 Å². The number of hydrogen-bond donors (Lipinski definition) is 0. The fourth-order valence-corrected chi connectivity index (χ4v) is 6.02. The molecule has 3 aliphatic rings. The van der Waals surface area contributed by atoms with Gasteiger partial charge in [-0.2, -0.15) is 5.10 Å². The predicted octanol–water partition coefficient (Wildman–Crippen LogP) is 5.02. The molecule has 1 unspecified atom stereocenters. The molecule has 3 heterocycles. The normalized spacial score (nSPS) is 30.1. The monoisotopic (exact) mass is 381 g/mol. The van der Waals surface area contributed by atoms with Gasteiger partial charge in [-0.15, -0.1) is 0 Å². The fraction of sp³-hybridized carbons (Fsp3) is 0.708. The molecule has 2 saturated heterocycles. The van der Waals surface area contributed by atoms with E-state index in [1.54, 1.807) is 0 Å². The van der Waals surface area contributed by atoms with Crippen LogP contribution in [0.4, 0.5) is 0 Å². The molecule has 2 aliphatic heterocycles. The second-order valence-electron chi connectivity index (χ2n) is 9.56. The summed E-state index contributed by atoms with van der Waals surface area (Å²) in [5.74, 6) is 0.610. The Labute approximate surface area is 169 Å². The minimum atomic E-state index is 0.514. The molecule has 1 saturated carbocycles. The zero-order valence-corrected chi connectivity index (χ0v) is 17.3. The second kappa shape index (κ2) is 8.16. The van der Waals surface area contributed by atoms with Crippen molar-refractivity contribution in [2.75, 3.05) is 6.54 Å². The van der Waals surface area contributed by atoms with Gasteiger partial charge in [0.1, 0.15) is 0 Å². The first kappa shape index (κ1) is 18.6. The minimum Gasteiger partial charge on any atom is -0.375 e. The Balaban J connectivity index is 1.21. The van der Waals surface area contributed by atoms with E-state index in [9.17, 15) is 0 Å². The average Bonchev–Trinajstić information content (AvgIpc) is 3.33. The zero-order chi connectivity index (χ0) is 18.9. The van der Waals surface area contributed by atoms with Crippen LogP contribution in [0.2, 0.25) is 0 Å². The Morgan fingerprint density at radius 1 is 0.964 bits per heavy atom. The molecule has 1 aromatic carbocycles. The lowest BCUT2D eigenvalue weighted by Crippen LogP contribution is -2.55. The van der Waals surface area contributed by atoms with Crippen molar-refractivity contribution in [1.82, 2.24) is 14.7 Å². The summed E-state index contributed by atoms with van der Waals surface area (Å²) in [6, 6.07) is 10.0. The summed E-state index contributed by atoms with van der Waals surface area (Å²) >= 11 is 0. The SMILES string of the molecule is C[C@H](CN1[C@@H]2CCC[C@H]1CC(OC1CCCC1)C2)Cn1ncc2ccccc21. The molecule has 1 aliphatic carbocycles. The first-order chi connectivity index (χ1) is 13.8. The molecule has 3 fully saturated rings. The maximum absolute atomic E-state index is 6.53. The molecule has 0 amide bonds. The van der Waals surface area contributed by atoms with Gasteiger partial charge in [-0.3, -0.25) is 9.58 Å². The molecule has 4 nitrogen and oxygen atoms in total. The van der Waals surface area contributed by atoms with E-state index < -0.39 is 0 Å². The van der Waals surface area contributed by atoms with Crippen molar-refractivity contribution in [3.63, 3.8) is 0 Å². The summed E-state index contributed by atoms with van der Waals surface area (Å²) < 4.78 is 8.73. The maximum Gasteiger partial charge on any atom is 0.0682 e. The Morgan fingerprint density at radius 3 is 2.50 bits per heavy atom. The van der Waals surface area contributed by atoms with Gasteiger partial charge in [-0.05, 0) is 50.5 Å². The van der Waals surface area contributed by atoms with Gasteiger partial charge in [0, 0.05) is 30.6 Å². The van der Waals surface area contributed by atoms with Crippen molar-refractivity contribution in [2.24, 2.45) is 5.92 Å². The third kappa shape index (κ3) is 3.86. The average molecular weight is 382 g/mol. The summed E-state index contributed by atoms with van der Waals surface area (Å²) in [5, 5.41) is 5.89. The van der Waals surface area contributed by atoms with Crippen LogP contribution in [0.3, 0.4) is 0 Å². The topological polar surface area (TPSA) is 30.3 Å². The molecule has 0 spiro atoms. The molecular weight excluding hydrogens is 346 g/mol. The number of piperidine rings is 2. The van der Waals surface area contributed by atoms with Crippen molar-refractivity contribution in [2.45, 2.75) is 95.5 Å². The lowest BCUT2D eigenvalue weighted by molar-refractivity contribution is -0.0901. The highest BCUT2D eigenvalue weighted by Crippen LogP contribution is 2.37. The number of hydrogen-bond acceptors (Lipinski definition) is 3. The van der Waals surface area contributed by atoms with Crippen LogP contribution in [0.1, 0.15) is 64.7 Å². The third-order valence-corrected chi connectivity index (χ3v) is 7.33. The zero-order valence-electron chi connectivity index (χ0n) is 17.3. The van der Waals surface area contributed by atoms with E-state index in [4.69, 9.17) is 4.74 Å². The van der Waals surface area contributed by atoms with E-state index in [-0.39, 0.29) is 0 Å². The molecule has 2 aromatic rings. The summed E-state index contributed by atoms with van der Waals surface area (Å²) in [6.07, 6.45) is 15.0. The Hall–Kier alpha value is -1.39. The lowest BCUT2D eigenvalue weighted by Gasteiger charge is -2.50. The van der Waals surface area contributed by atoms with Crippen molar-refractivity contribution < 1.29 is 4.74 Å². The van der Waals surface area contributed by atoms with E-state index >= 15 is 0 Å². The van der Waals surface area contributed by atoms with Crippen LogP contribution < -0.4 is 0 Å². The molecule has 152 valence electrons. The van der Waals surface area contributed by atoms with Crippen LogP contribution in [0.15, 0.2) is 30.5 Å². The highest BCUT2D eigenvalue weighted by atomic mass is 16.5. The van der Waals surface area contributed by atoms with E-state index in [2.05, 4.69) is 45.9 Å². The number of benzene rings is 1. The largest absolute Gasteiger partial charge is 0.375 e. The van der Waals surface area contributed by atoms with Crippen molar-refractivity contribution in [3.05, 3.63) is 30.5 Å². The Bertz CT molecular complexity index is 767. The van der Waals surface area contributed by atoms with Crippen molar-refractivity contribution in [3.8, 4) is 0 Å². The number of para-hydroxylation sites is 1. The second-order valence-corrected chi connectivity index (χ2v) is 9.56. The Morgan fingerprint density at radius 2 is 1.71 bits per heavy atom. The Kier molecular flexibility index (Phi) is 5.43. The highest BCUT2D eigenvalue weighted by Gasteiger charge is 2.39. The van der Waals surface area contributed by atoms with Gasteiger partial charge in [0.15, 0.2) is 0 Å². The van der Waals surface area contributed by atoms with Crippen LogP contribution in [0.25, 0.3) is 10.9 Å². The maximum atomic E-state index is 6.53. The molecular formula is C24H35N3O. The van der Waals surface area contributed by atoms with Gasteiger partial charge in [-0.1, -0.05) is 44.4 Å². The fourth-order valence-electron chi connectivity index (χ4n) is 6.02.